The highest BCUT2D eigenvalue weighted by Crippen LogP contribution is 2.19. The zero-order valence-corrected chi connectivity index (χ0v) is 10.9. The molecule has 5 nitrogen and oxygen atoms in total. The first kappa shape index (κ1) is 13.9. The maximum atomic E-state index is 13.6. The number of nitrogens with one attached hydrogen (secondary N) is 2. The van der Waals surface area contributed by atoms with Gasteiger partial charge in [0.2, 0.25) is 0 Å². The number of aryl methyl sites for hydroxylation is 1. The van der Waals surface area contributed by atoms with E-state index in [1.165, 1.54) is 19.3 Å². The Morgan fingerprint density at radius 2 is 1.90 bits per heavy atom. The van der Waals surface area contributed by atoms with E-state index in [4.69, 9.17) is 0 Å². The van der Waals surface area contributed by atoms with Crippen LogP contribution in [0.2, 0.25) is 0 Å². The van der Waals surface area contributed by atoms with Gasteiger partial charge in [-0.1, -0.05) is 0 Å². The van der Waals surface area contributed by atoms with Crippen LogP contribution in [0.5, 0.6) is 0 Å². The molecule has 0 aliphatic heterocycles. The van der Waals surface area contributed by atoms with Crippen LogP contribution in [0, 0.1) is 18.6 Å². The average molecular weight is 278 g/mol. The molecule has 20 heavy (non-hydrogen) atoms. The lowest BCUT2D eigenvalue weighted by Gasteiger charge is -2.07. The summed E-state index contributed by atoms with van der Waals surface area (Å²) in [5, 5.41) is 5.01. The number of hydrogen-bond donors (Lipinski definition) is 2. The van der Waals surface area contributed by atoms with Gasteiger partial charge >= 0.3 is 0 Å². The average Bonchev–Trinajstić information content (AvgIpc) is 2.44. The number of amides is 1. The molecule has 2 rings (SSSR count). The van der Waals surface area contributed by atoms with Gasteiger partial charge in [0.25, 0.3) is 5.91 Å². The van der Waals surface area contributed by atoms with Crippen LogP contribution < -0.4 is 10.6 Å². The lowest BCUT2D eigenvalue weighted by atomic mass is 10.2. The predicted octanol–water partition coefficient (Wildman–Crippen LogP) is 2.36. The van der Waals surface area contributed by atoms with Gasteiger partial charge in [-0.3, -0.25) is 4.79 Å². The molecule has 1 amide bonds. The summed E-state index contributed by atoms with van der Waals surface area (Å²) in [5.74, 6) is -1.48. The molecular formula is C13H12F2N4O. The third kappa shape index (κ3) is 2.87. The summed E-state index contributed by atoms with van der Waals surface area (Å²) in [6.07, 6.45) is 2.60. The number of anilines is 2. The van der Waals surface area contributed by atoms with Crippen molar-refractivity contribution in [1.29, 1.82) is 0 Å². The van der Waals surface area contributed by atoms with Gasteiger partial charge in [0.05, 0.1) is 18.1 Å². The van der Waals surface area contributed by atoms with E-state index in [-0.39, 0.29) is 16.9 Å². The van der Waals surface area contributed by atoms with E-state index >= 15 is 0 Å². The maximum absolute atomic E-state index is 13.6. The van der Waals surface area contributed by atoms with Crippen LogP contribution in [0.4, 0.5) is 20.3 Å². The molecule has 104 valence electrons. The maximum Gasteiger partial charge on any atom is 0.275 e. The van der Waals surface area contributed by atoms with E-state index in [1.807, 2.05) is 0 Å². The van der Waals surface area contributed by atoms with E-state index < -0.39 is 17.5 Å². The van der Waals surface area contributed by atoms with Gasteiger partial charge in [0.1, 0.15) is 23.1 Å². The normalized spacial score (nSPS) is 10.2. The summed E-state index contributed by atoms with van der Waals surface area (Å²) in [6.45, 7) is 1.44. The van der Waals surface area contributed by atoms with Crippen LogP contribution in [-0.2, 0) is 0 Å². The highest BCUT2D eigenvalue weighted by Gasteiger charge is 2.13. The van der Waals surface area contributed by atoms with Crippen molar-refractivity contribution in [3.8, 4) is 0 Å². The summed E-state index contributed by atoms with van der Waals surface area (Å²) in [6, 6.07) is 1.94. The smallest absolute Gasteiger partial charge is 0.275 e. The molecule has 0 atom stereocenters. The summed E-state index contributed by atoms with van der Waals surface area (Å²) >= 11 is 0. The molecule has 0 radical (unpaired) electrons. The molecule has 0 saturated carbocycles. The van der Waals surface area contributed by atoms with Crippen molar-refractivity contribution in [3.63, 3.8) is 0 Å². The fourth-order valence-electron chi connectivity index (χ4n) is 1.50. The largest absolute Gasteiger partial charge is 0.372 e. The third-order valence-electron chi connectivity index (χ3n) is 2.64. The number of carbonyl (C=O) groups excluding carboxylic acids is 1. The van der Waals surface area contributed by atoms with Crippen molar-refractivity contribution >= 4 is 17.4 Å². The van der Waals surface area contributed by atoms with Crippen LogP contribution in [-0.4, -0.2) is 22.9 Å². The van der Waals surface area contributed by atoms with Crippen LogP contribution in [0.15, 0.2) is 24.5 Å². The van der Waals surface area contributed by atoms with Gasteiger partial charge in [-0.2, -0.15) is 0 Å². The second-order valence-corrected chi connectivity index (χ2v) is 4.07. The summed E-state index contributed by atoms with van der Waals surface area (Å²) < 4.78 is 27.0. The Labute approximate surface area is 114 Å². The number of rotatable bonds is 3. The standard InChI is InChI=1S/C13H12F2N4O/c1-7-3-9(15)10(4-8(7)14)19-13(20)11-5-18-12(16-2)6-17-11/h3-6H,1-2H3,(H,16,18)(H,19,20). The van der Waals surface area contributed by atoms with E-state index in [9.17, 15) is 13.6 Å². The number of nitrogens with zero attached hydrogens (tertiary/aromatic N) is 2. The molecule has 0 saturated heterocycles. The first-order chi connectivity index (χ1) is 9.51. The Morgan fingerprint density at radius 1 is 1.15 bits per heavy atom. The fourth-order valence-corrected chi connectivity index (χ4v) is 1.50. The van der Waals surface area contributed by atoms with Crippen molar-refractivity contribution in [2.45, 2.75) is 6.92 Å². The van der Waals surface area contributed by atoms with Crippen molar-refractivity contribution in [1.82, 2.24) is 9.97 Å². The van der Waals surface area contributed by atoms with E-state index in [1.54, 1.807) is 7.05 Å². The molecule has 1 aromatic carbocycles. The molecule has 0 fully saturated rings. The number of halogens is 2. The van der Waals surface area contributed by atoms with Gasteiger partial charge in [-0.15, -0.1) is 0 Å². The van der Waals surface area contributed by atoms with Crippen molar-refractivity contribution in [2.75, 3.05) is 17.7 Å². The third-order valence-corrected chi connectivity index (χ3v) is 2.64. The van der Waals surface area contributed by atoms with Gasteiger partial charge < -0.3 is 10.6 Å². The molecule has 7 heteroatoms. The SMILES string of the molecule is CNc1cnc(C(=O)Nc2cc(F)c(C)cc2F)cn1. The van der Waals surface area contributed by atoms with Crippen molar-refractivity contribution < 1.29 is 13.6 Å². The summed E-state index contributed by atoms with van der Waals surface area (Å²) in [5.41, 5.74) is -0.0689. The highest BCUT2D eigenvalue weighted by atomic mass is 19.1. The quantitative estimate of drug-likeness (QED) is 0.904. The molecule has 2 aromatic rings. The first-order valence-corrected chi connectivity index (χ1v) is 5.78. The Morgan fingerprint density at radius 3 is 2.50 bits per heavy atom. The topological polar surface area (TPSA) is 66.9 Å². The van der Waals surface area contributed by atoms with Crippen molar-refractivity contribution in [2.24, 2.45) is 0 Å². The van der Waals surface area contributed by atoms with Gasteiger partial charge in [0.15, 0.2) is 0 Å². The Bertz CT molecular complexity index is 644. The lowest BCUT2D eigenvalue weighted by molar-refractivity contribution is 0.102. The minimum Gasteiger partial charge on any atom is -0.372 e. The molecule has 1 heterocycles. The molecule has 1 aromatic heterocycles. The minimum atomic E-state index is -0.711. The van der Waals surface area contributed by atoms with E-state index in [2.05, 4.69) is 20.6 Å². The van der Waals surface area contributed by atoms with Crippen LogP contribution in [0.25, 0.3) is 0 Å². The summed E-state index contributed by atoms with van der Waals surface area (Å²) in [4.78, 5) is 19.6. The second kappa shape index (κ2) is 5.60. The fraction of sp³-hybridized carbons (Fsp3) is 0.154. The zero-order chi connectivity index (χ0) is 14.7. The molecule has 0 unspecified atom stereocenters. The molecule has 2 N–H and O–H groups in total. The molecule has 0 aliphatic rings. The molecule has 0 bridgehead atoms. The Kier molecular flexibility index (Phi) is 3.88. The Hall–Kier alpha value is -2.57. The van der Waals surface area contributed by atoms with Gasteiger partial charge in [0, 0.05) is 13.1 Å². The predicted molar refractivity (Wildman–Crippen MR) is 70.6 cm³/mol. The number of benzene rings is 1. The van der Waals surface area contributed by atoms with Gasteiger partial charge in [-0.25, -0.2) is 18.7 Å². The first-order valence-electron chi connectivity index (χ1n) is 5.78. The molecule has 0 spiro atoms. The Balaban J connectivity index is 2.20. The van der Waals surface area contributed by atoms with Crippen LogP contribution in [0.3, 0.4) is 0 Å². The van der Waals surface area contributed by atoms with Gasteiger partial charge in [-0.05, 0) is 18.6 Å². The minimum absolute atomic E-state index is 0.00406. The molecule has 0 aliphatic carbocycles. The second-order valence-electron chi connectivity index (χ2n) is 4.07. The summed E-state index contributed by atoms with van der Waals surface area (Å²) in [7, 11) is 1.66. The monoisotopic (exact) mass is 278 g/mol. The number of aromatic nitrogens is 2. The number of hydrogen-bond acceptors (Lipinski definition) is 4. The highest BCUT2D eigenvalue weighted by molar-refractivity contribution is 6.02. The molecular weight excluding hydrogens is 266 g/mol. The van der Waals surface area contributed by atoms with Crippen LogP contribution in [0.1, 0.15) is 16.1 Å². The number of carbonyl (C=O) groups is 1. The van der Waals surface area contributed by atoms with E-state index in [0.717, 1.165) is 12.1 Å². The van der Waals surface area contributed by atoms with E-state index in [0.29, 0.717) is 5.82 Å². The zero-order valence-electron chi connectivity index (χ0n) is 10.9. The van der Waals surface area contributed by atoms with Crippen molar-refractivity contribution in [3.05, 3.63) is 47.4 Å². The lowest BCUT2D eigenvalue weighted by Crippen LogP contribution is -2.15. The van der Waals surface area contributed by atoms with Crippen LogP contribution >= 0.6 is 0 Å².